The molecule has 0 radical (unpaired) electrons. The van der Waals surface area contributed by atoms with E-state index in [-0.39, 0.29) is 5.56 Å². The van der Waals surface area contributed by atoms with Crippen molar-refractivity contribution in [1.82, 2.24) is 14.5 Å². The van der Waals surface area contributed by atoms with Crippen molar-refractivity contribution in [1.29, 1.82) is 0 Å². The molecule has 0 fully saturated rings. The fraction of sp³-hybridized carbons (Fsp3) is 0.250. The van der Waals surface area contributed by atoms with E-state index in [0.29, 0.717) is 10.1 Å². The maximum atomic E-state index is 11.9. The van der Waals surface area contributed by atoms with E-state index in [1.54, 1.807) is 17.0 Å². The number of halogens is 1. The van der Waals surface area contributed by atoms with E-state index >= 15 is 0 Å². The molecule has 5 heteroatoms. The van der Waals surface area contributed by atoms with E-state index in [0.717, 1.165) is 17.8 Å². The van der Waals surface area contributed by atoms with Gasteiger partial charge in [-0.3, -0.25) is 14.3 Å². The Kier molecular flexibility index (Phi) is 3.88. The smallest absolute Gasteiger partial charge is 0.266 e. The van der Waals surface area contributed by atoms with Gasteiger partial charge in [0.05, 0.1) is 3.57 Å². The second kappa shape index (κ2) is 5.39. The SMILES string of the molecule is Cc1ncc(I)c(=O)n1CCc1cccnc1. The van der Waals surface area contributed by atoms with Crippen LogP contribution in [0.2, 0.25) is 0 Å². The normalized spacial score (nSPS) is 10.5. The summed E-state index contributed by atoms with van der Waals surface area (Å²) in [5, 5.41) is 0. The number of aromatic nitrogens is 3. The van der Waals surface area contributed by atoms with Crippen LogP contribution in [0.1, 0.15) is 11.4 Å². The van der Waals surface area contributed by atoms with Crippen molar-refractivity contribution >= 4 is 22.6 Å². The fourth-order valence-corrected chi connectivity index (χ4v) is 2.03. The summed E-state index contributed by atoms with van der Waals surface area (Å²) >= 11 is 2.01. The minimum atomic E-state index is 0.0296. The molecule has 0 atom stereocenters. The molecular formula is C12H12IN3O. The zero-order valence-corrected chi connectivity index (χ0v) is 11.6. The molecule has 2 aromatic heterocycles. The standard InChI is InChI=1S/C12H12IN3O/c1-9-15-8-11(13)12(17)16(9)6-4-10-3-2-5-14-7-10/h2-3,5,7-8H,4,6H2,1H3. The van der Waals surface area contributed by atoms with Crippen molar-refractivity contribution < 1.29 is 0 Å². The van der Waals surface area contributed by atoms with Crippen molar-refractivity contribution in [3.05, 3.63) is 56.0 Å². The Morgan fingerprint density at radius 1 is 1.41 bits per heavy atom. The number of aryl methyl sites for hydroxylation is 2. The highest BCUT2D eigenvalue weighted by Gasteiger charge is 2.05. The molecule has 2 aromatic rings. The van der Waals surface area contributed by atoms with Gasteiger partial charge in [0.2, 0.25) is 0 Å². The Morgan fingerprint density at radius 2 is 2.24 bits per heavy atom. The van der Waals surface area contributed by atoms with Crippen molar-refractivity contribution in [2.24, 2.45) is 0 Å². The number of nitrogens with zero attached hydrogens (tertiary/aromatic N) is 3. The van der Waals surface area contributed by atoms with Crippen LogP contribution in [0.25, 0.3) is 0 Å². The molecule has 0 aliphatic carbocycles. The molecule has 0 aliphatic rings. The lowest BCUT2D eigenvalue weighted by atomic mass is 10.2. The quantitative estimate of drug-likeness (QED) is 0.800. The van der Waals surface area contributed by atoms with Gasteiger partial charge in [0.15, 0.2) is 0 Å². The third-order valence-corrected chi connectivity index (χ3v) is 3.29. The Bertz CT molecular complexity index is 566. The average molecular weight is 341 g/mol. The third-order valence-electron chi connectivity index (χ3n) is 2.55. The first-order valence-electron chi connectivity index (χ1n) is 5.29. The van der Waals surface area contributed by atoms with Gasteiger partial charge in [-0.15, -0.1) is 0 Å². The Morgan fingerprint density at radius 3 is 2.94 bits per heavy atom. The van der Waals surface area contributed by atoms with Crippen molar-refractivity contribution in [3.63, 3.8) is 0 Å². The van der Waals surface area contributed by atoms with E-state index in [4.69, 9.17) is 0 Å². The molecule has 0 unspecified atom stereocenters. The highest BCUT2D eigenvalue weighted by molar-refractivity contribution is 14.1. The van der Waals surface area contributed by atoms with Crippen LogP contribution in [0.5, 0.6) is 0 Å². The second-order valence-corrected chi connectivity index (χ2v) is 4.88. The van der Waals surface area contributed by atoms with Crippen LogP contribution in [0, 0.1) is 10.5 Å². The summed E-state index contributed by atoms with van der Waals surface area (Å²) < 4.78 is 2.36. The molecule has 0 bridgehead atoms. The van der Waals surface area contributed by atoms with Crippen LogP contribution < -0.4 is 5.56 Å². The van der Waals surface area contributed by atoms with Gasteiger partial charge in [-0.1, -0.05) is 6.07 Å². The molecule has 0 saturated heterocycles. The van der Waals surface area contributed by atoms with Gasteiger partial charge in [0.1, 0.15) is 5.82 Å². The van der Waals surface area contributed by atoms with Crippen molar-refractivity contribution in [3.8, 4) is 0 Å². The first-order chi connectivity index (χ1) is 8.18. The van der Waals surface area contributed by atoms with E-state index in [9.17, 15) is 4.79 Å². The monoisotopic (exact) mass is 341 g/mol. The lowest BCUT2D eigenvalue weighted by Gasteiger charge is -2.08. The summed E-state index contributed by atoms with van der Waals surface area (Å²) in [6.07, 6.45) is 5.96. The third kappa shape index (κ3) is 2.91. The fourth-order valence-electron chi connectivity index (χ4n) is 1.60. The zero-order valence-electron chi connectivity index (χ0n) is 9.43. The van der Waals surface area contributed by atoms with E-state index in [1.807, 2.05) is 47.8 Å². The summed E-state index contributed by atoms with van der Waals surface area (Å²) in [6, 6.07) is 3.91. The van der Waals surface area contributed by atoms with Crippen LogP contribution in [-0.4, -0.2) is 14.5 Å². The minimum Gasteiger partial charge on any atom is -0.296 e. The summed E-state index contributed by atoms with van der Waals surface area (Å²) in [4.78, 5) is 20.2. The number of hydrogen-bond acceptors (Lipinski definition) is 3. The average Bonchev–Trinajstić information content (AvgIpc) is 2.35. The van der Waals surface area contributed by atoms with Gasteiger partial charge >= 0.3 is 0 Å². The molecule has 0 aromatic carbocycles. The molecule has 0 amide bonds. The first kappa shape index (κ1) is 12.2. The maximum Gasteiger partial charge on any atom is 0.266 e. The van der Waals surface area contributed by atoms with Crippen LogP contribution in [0.15, 0.2) is 35.5 Å². The van der Waals surface area contributed by atoms with Crippen LogP contribution in [0.3, 0.4) is 0 Å². The summed E-state index contributed by atoms with van der Waals surface area (Å²) in [6.45, 7) is 2.49. The van der Waals surface area contributed by atoms with Crippen LogP contribution in [-0.2, 0) is 13.0 Å². The zero-order chi connectivity index (χ0) is 12.3. The molecule has 2 rings (SSSR count). The van der Waals surface area contributed by atoms with Gasteiger partial charge < -0.3 is 0 Å². The summed E-state index contributed by atoms with van der Waals surface area (Å²) in [5.74, 6) is 0.749. The predicted molar refractivity (Wildman–Crippen MR) is 73.9 cm³/mol. The van der Waals surface area contributed by atoms with Crippen molar-refractivity contribution in [2.75, 3.05) is 0 Å². The lowest BCUT2D eigenvalue weighted by Crippen LogP contribution is -2.26. The van der Waals surface area contributed by atoms with Gasteiger partial charge in [-0.05, 0) is 47.6 Å². The van der Waals surface area contributed by atoms with E-state index < -0.39 is 0 Å². The largest absolute Gasteiger partial charge is 0.296 e. The molecule has 0 spiro atoms. The predicted octanol–water partition coefficient (Wildman–Crippen LogP) is 1.79. The highest BCUT2D eigenvalue weighted by atomic mass is 127. The molecule has 0 aliphatic heterocycles. The van der Waals surface area contributed by atoms with Crippen molar-refractivity contribution in [2.45, 2.75) is 19.9 Å². The van der Waals surface area contributed by atoms with E-state index in [2.05, 4.69) is 9.97 Å². The van der Waals surface area contributed by atoms with Gasteiger partial charge in [0, 0.05) is 25.1 Å². The molecule has 0 saturated carbocycles. The maximum absolute atomic E-state index is 11.9. The molecule has 17 heavy (non-hydrogen) atoms. The topological polar surface area (TPSA) is 47.8 Å². The second-order valence-electron chi connectivity index (χ2n) is 3.72. The number of rotatable bonds is 3. The van der Waals surface area contributed by atoms with Gasteiger partial charge in [-0.25, -0.2) is 4.98 Å². The summed E-state index contributed by atoms with van der Waals surface area (Å²) in [7, 11) is 0. The number of hydrogen-bond donors (Lipinski definition) is 0. The molecule has 4 nitrogen and oxygen atoms in total. The summed E-state index contributed by atoms with van der Waals surface area (Å²) in [5.41, 5.74) is 1.15. The molecule has 88 valence electrons. The molecular weight excluding hydrogens is 329 g/mol. The highest BCUT2D eigenvalue weighted by Crippen LogP contribution is 2.02. The Hall–Kier alpha value is -1.24. The van der Waals surface area contributed by atoms with Crippen LogP contribution >= 0.6 is 22.6 Å². The first-order valence-corrected chi connectivity index (χ1v) is 6.37. The van der Waals surface area contributed by atoms with Gasteiger partial charge in [0.25, 0.3) is 5.56 Å². The van der Waals surface area contributed by atoms with E-state index in [1.165, 1.54) is 0 Å². The minimum absolute atomic E-state index is 0.0296. The number of pyridine rings is 1. The van der Waals surface area contributed by atoms with Gasteiger partial charge in [-0.2, -0.15) is 0 Å². The molecule has 0 N–H and O–H groups in total. The molecule has 2 heterocycles. The van der Waals surface area contributed by atoms with Crippen LogP contribution in [0.4, 0.5) is 0 Å². The Labute approximate surface area is 113 Å². The lowest BCUT2D eigenvalue weighted by molar-refractivity contribution is 0.625. The Balaban J connectivity index is 2.20.